The average molecular weight is 565 g/mol. The summed E-state index contributed by atoms with van der Waals surface area (Å²) in [5.41, 5.74) is 2.52. The van der Waals surface area contributed by atoms with Gasteiger partial charge in [-0.15, -0.1) is 6.42 Å². The normalized spacial score (nSPS) is 11.4. The lowest BCUT2D eigenvalue weighted by Gasteiger charge is -2.16. The zero-order chi connectivity index (χ0) is 29.7. The van der Waals surface area contributed by atoms with Gasteiger partial charge in [-0.3, -0.25) is 14.7 Å². The highest BCUT2D eigenvalue weighted by atomic mass is 19.4. The van der Waals surface area contributed by atoms with Crippen molar-refractivity contribution in [3.8, 4) is 29.2 Å². The molecule has 1 heterocycles. The lowest BCUT2D eigenvalue weighted by Crippen LogP contribution is -2.17. The van der Waals surface area contributed by atoms with Crippen molar-refractivity contribution in [2.75, 3.05) is 13.6 Å². The number of alkyl halides is 3. The van der Waals surface area contributed by atoms with Crippen molar-refractivity contribution in [1.29, 1.82) is 0 Å². The summed E-state index contributed by atoms with van der Waals surface area (Å²) in [4.78, 5) is 19.8. The number of nitrogens with zero attached hydrogens (tertiary/aromatic N) is 2. The number of benzene rings is 4. The van der Waals surface area contributed by atoms with Crippen molar-refractivity contribution < 1.29 is 22.7 Å². The number of terminal acetylenes is 1. The second-order valence-corrected chi connectivity index (χ2v) is 9.95. The van der Waals surface area contributed by atoms with Crippen LogP contribution in [0.25, 0.3) is 22.0 Å². The molecule has 42 heavy (non-hydrogen) atoms. The number of carbonyl (C=O) groups is 1. The van der Waals surface area contributed by atoms with Gasteiger partial charge in [-0.25, -0.2) is 0 Å². The maximum Gasteiger partial charge on any atom is 0.418 e. The van der Waals surface area contributed by atoms with Crippen molar-refractivity contribution in [3.05, 3.63) is 131 Å². The van der Waals surface area contributed by atoms with Crippen molar-refractivity contribution in [1.82, 2.24) is 9.88 Å². The minimum absolute atomic E-state index is 0.204. The van der Waals surface area contributed by atoms with Gasteiger partial charge in [-0.2, -0.15) is 13.2 Å². The van der Waals surface area contributed by atoms with E-state index in [1.54, 1.807) is 60.7 Å². The summed E-state index contributed by atoms with van der Waals surface area (Å²) in [5.74, 6) is 2.80. The first-order valence-electron chi connectivity index (χ1n) is 13.3. The molecular weight excluding hydrogens is 537 g/mol. The van der Waals surface area contributed by atoms with Crippen LogP contribution in [0.1, 0.15) is 32.6 Å². The topological polar surface area (TPSA) is 42.4 Å². The van der Waals surface area contributed by atoms with Crippen molar-refractivity contribution in [2.24, 2.45) is 0 Å². The Hall–Kier alpha value is -4.93. The van der Waals surface area contributed by atoms with E-state index in [1.807, 2.05) is 36.2 Å². The predicted octanol–water partition coefficient (Wildman–Crippen LogP) is 7.80. The molecule has 0 N–H and O–H groups in total. The number of hydrogen-bond donors (Lipinski definition) is 0. The Kier molecular flexibility index (Phi) is 8.37. The van der Waals surface area contributed by atoms with E-state index in [0.717, 1.165) is 23.7 Å². The minimum atomic E-state index is -4.61. The summed E-state index contributed by atoms with van der Waals surface area (Å²) in [7, 11) is 1.96. The molecule has 5 rings (SSSR count). The fraction of sp³-hybridized carbons (Fsp3) is 0.143. The molecule has 210 valence electrons. The molecule has 0 radical (unpaired) electrons. The molecule has 0 atom stereocenters. The van der Waals surface area contributed by atoms with Crippen LogP contribution in [0.3, 0.4) is 0 Å². The fourth-order valence-electron chi connectivity index (χ4n) is 4.85. The molecule has 4 nitrogen and oxygen atoms in total. The Balaban J connectivity index is 1.50. The van der Waals surface area contributed by atoms with Crippen LogP contribution in [0.4, 0.5) is 13.2 Å². The summed E-state index contributed by atoms with van der Waals surface area (Å²) < 4.78 is 47.7. The lowest BCUT2D eigenvalue weighted by atomic mass is 9.91. The number of hydrogen-bond acceptors (Lipinski definition) is 4. The van der Waals surface area contributed by atoms with Gasteiger partial charge in [0.15, 0.2) is 5.78 Å². The van der Waals surface area contributed by atoms with E-state index in [4.69, 9.17) is 11.2 Å². The van der Waals surface area contributed by atoms with E-state index >= 15 is 0 Å². The number of halogens is 3. The van der Waals surface area contributed by atoms with Crippen LogP contribution in [0.15, 0.2) is 103 Å². The molecule has 0 aliphatic heterocycles. The van der Waals surface area contributed by atoms with Crippen LogP contribution in [-0.2, 0) is 19.3 Å². The Morgan fingerprint density at radius 2 is 1.64 bits per heavy atom. The first-order valence-corrected chi connectivity index (χ1v) is 13.3. The van der Waals surface area contributed by atoms with Crippen LogP contribution in [0, 0.1) is 12.3 Å². The molecule has 0 amide bonds. The number of aromatic nitrogens is 1. The van der Waals surface area contributed by atoms with Crippen LogP contribution in [0.2, 0.25) is 0 Å². The zero-order valence-electron chi connectivity index (χ0n) is 22.9. The Morgan fingerprint density at radius 3 is 2.36 bits per heavy atom. The quantitative estimate of drug-likeness (QED) is 0.135. The van der Waals surface area contributed by atoms with Gasteiger partial charge in [0.25, 0.3) is 0 Å². The van der Waals surface area contributed by atoms with Gasteiger partial charge >= 0.3 is 6.18 Å². The zero-order valence-corrected chi connectivity index (χ0v) is 22.9. The number of rotatable bonds is 9. The van der Waals surface area contributed by atoms with E-state index in [1.165, 1.54) is 12.3 Å². The summed E-state index contributed by atoms with van der Waals surface area (Å²) in [6.45, 7) is 1.58. The fourth-order valence-corrected chi connectivity index (χ4v) is 4.85. The number of pyridine rings is 1. The van der Waals surface area contributed by atoms with E-state index < -0.39 is 11.7 Å². The Morgan fingerprint density at radius 1 is 0.929 bits per heavy atom. The third-order valence-corrected chi connectivity index (χ3v) is 6.85. The number of fused-ring (bicyclic) bond motifs is 1. The molecule has 0 saturated heterocycles. The third kappa shape index (κ3) is 6.35. The van der Waals surface area contributed by atoms with E-state index in [9.17, 15) is 18.0 Å². The van der Waals surface area contributed by atoms with E-state index in [2.05, 4.69) is 10.9 Å². The van der Waals surface area contributed by atoms with Crippen molar-refractivity contribution in [3.63, 3.8) is 0 Å². The molecule has 0 aliphatic carbocycles. The molecule has 7 heteroatoms. The van der Waals surface area contributed by atoms with Crippen LogP contribution in [0.5, 0.6) is 5.75 Å². The molecule has 0 fully saturated rings. The van der Waals surface area contributed by atoms with Crippen LogP contribution in [-0.4, -0.2) is 29.3 Å². The van der Waals surface area contributed by atoms with Crippen molar-refractivity contribution >= 4 is 16.7 Å². The molecular formula is C35H27F3N2O2. The molecule has 0 saturated carbocycles. The highest BCUT2D eigenvalue weighted by Crippen LogP contribution is 2.39. The van der Waals surface area contributed by atoms with Crippen molar-refractivity contribution in [2.45, 2.75) is 19.3 Å². The minimum Gasteiger partial charge on any atom is -0.489 e. The maximum absolute atomic E-state index is 13.9. The summed E-state index contributed by atoms with van der Waals surface area (Å²) in [6, 6.07) is 27.5. The van der Waals surface area contributed by atoms with Gasteiger partial charge in [0.2, 0.25) is 0 Å². The predicted molar refractivity (Wildman–Crippen MR) is 158 cm³/mol. The second-order valence-electron chi connectivity index (χ2n) is 9.95. The molecule has 4 aromatic carbocycles. The van der Waals surface area contributed by atoms with E-state index in [0.29, 0.717) is 29.0 Å². The highest BCUT2D eigenvalue weighted by molar-refractivity contribution is 6.16. The summed E-state index contributed by atoms with van der Waals surface area (Å²) in [5, 5.41) is 0.231. The lowest BCUT2D eigenvalue weighted by molar-refractivity contribution is -0.136. The van der Waals surface area contributed by atoms with Gasteiger partial charge in [0, 0.05) is 34.8 Å². The standard InChI is InChI=1S/C35H27F3N2O2/c1-3-19-40(2)22-24-15-17-25(18-16-24)23-42-28-12-7-11-27(20-28)32-29-13-8-14-31(35(36,37)38)33(29)39-21-30(32)34(41)26-9-5-4-6-10-26/h1,4-18,20-21H,19,22-23H2,2H3. The summed E-state index contributed by atoms with van der Waals surface area (Å²) >= 11 is 0. The number of ether oxygens (including phenoxy) is 1. The Bertz CT molecular complexity index is 1760. The number of carbonyl (C=O) groups excluding carboxylic acids is 1. The van der Waals surface area contributed by atoms with Gasteiger partial charge in [-0.1, -0.05) is 84.8 Å². The van der Waals surface area contributed by atoms with Gasteiger partial charge in [0.1, 0.15) is 12.4 Å². The first kappa shape index (κ1) is 28.6. The van der Waals surface area contributed by atoms with E-state index in [-0.39, 0.29) is 28.9 Å². The second kappa shape index (κ2) is 12.3. The highest BCUT2D eigenvalue weighted by Gasteiger charge is 2.34. The first-order chi connectivity index (χ1) is 20.2. The summed E-state index contributed by atoms with van der Waals surface area (Å²) in [6.07, 6.45) is 2.01. The Labute approximate surface area is 242 Å². The monoisotopic (exact) mass is 564 g/mol. The number of para-hydroxylation sites is 1. The van der Waals surface area contributed by atoms with Crippen LogP contribution < -0.4 is 4.74 Å². The van der Waals surface area contributed by atoms with Gasteiger partial charge in [0.05, 0.1) is 17.6 Å². The molecule has 0 unspecified atom stereocenters. The van der Waals surface area contributed by atoms with Gasteiger partial charge < -0.3 is 4.74 Å². The molecule has 0 bridgehead atoms. The molecule has 5 aromatic rings. The maximum atomic E-state index is 13.9. The molecule has 0 aliphatic rings. The largest absolute Gasteiger partial charge is 0.489 e. The van der Waals surface area contributed by atoms with Gasteiger partial charge in [-0.05, 0) is 41.9 Å². The third-order valence-electron chi connectivity index (χ3n) is 6.85. The molecule has 1 aromatic heterocycles. The molecule has 0 spiro atoms. The SMILES string of the molecule is C#CCN(C)Cc1ccc(COc2cccc(-c3c(C(=O)c4ccccc4)cnc4c(C(F)(F)F)cccc34)c2)cc1. The van der Waals surface area contributed by atoms with Crippen LogP contribution >= 0.6 is 0 Å². The number of ketones is 1. The smallest absolute Gasteiger partial charge is 0.418 e. The average Bonchev–Trinajstić information content (AvgIpc) is 2.99.